The zero-order valence-corrected chi connectivity index (χ0v) is 14.4. The summed E-state index contributed by atoms with van der Waals surface area (Å²) in [6.07, 6.45) is 4.59. The predicted octanol–water partition coefficient (Wildman–Crippen LogP) is 3.97. The van der Waals surface area contributed by atoms with Gasteiger partial charge in [0.2, 0.25) is 5.91 Å². The highest BCUT2D eigenvalue weighted by Gasteiger charge is 2.39. The Bertz CT molecular complexity index is 564. The van der Waals surface area contributed by atoms with Crippen LogP contribution in [0.2, 0.25) is 10.0 Å². The Balaban J connectivity index is 1.77. The number of carbonyl (C=O) groups excluding carboxylic acids is 1. The minimum atomic E-state index is 0.212. The number of hydrogen-bond donors (Lipinski definition) is 0. The lowest BCUT2D eigenvalue weighted by Gasteiger charge is -2.32. The van der Waals surface area contributed by atoms with Crippen LogP contribution in [0.15, 0.2) is 18.2 Å². The van der Waals surface area contributed by atoms with Crippen LogP contribution >= 0.6 is 23.2 Å². The van der Waals surface area contributed by atoms with Crippen molar-refractivity contribution in [2.45, 2.75) is 51.2 Å². The number of fused-ring (bicyclic) bond motifs is 1. The van der Waals surface area contributed by atoms with Crippen molar-refractivity contribution in [3.05, 3.63) is 33.8 Å². The lowest BCUT2D eigenvalue weighted by molar-refractivity contribution is -0.130. The molecule has 0 radical (unpaired) electrons. The first-order chi connectivity index (χ1) is 10.6. The van der Waals surface area contributed by atoms with Crippen molar-refractivity contribution < 1.29 is 4.79 Å². The van der Waals surface area contributed by atoms with Gasteiger partial charge in [0, 0.05) is 32.1 Å². The van der Waals surface area contributed by atoms with Crippen molar-refractivity contribution in [3.8, 4) is 0 Å². The van der Waals surface area contributed by atoms with Crippen LogP contribution in [-0.4, -0.2) is 40.9 Å². The molecule has 2 heterocycles. The minimum Gasteiger partial charge on any atom is -0.338 e. The van der Waals surface area contributed by atoms with E-state index in [0.717, 1.165) is 32.5 Å². The van der Waals surface area contributed by atoms with E-state index in [0.29, 0.717) is 22.1 Å². The predicted molar refractivity (Wildman–Crippen MR) is 90.3 cm³/mol. The van der Waals surface area contributed by atoms with Gasteiger partial charge in [-0.25, -0.2) is 0 Å². The SMILES string of the molecule is CC(=O)N1CC[C@@H]2[C@H]1CCCCN2Cc1ccc(Cl)c(Cl)c1. The molecular weight excluding hydrogens is 319 g/mol. The topological polar surface area (TPSA) is 23.6 Å². The van der Waals surface area contributed by atoms with Crippen LogP contribution in [0.4, 0.5) is 0 Å². The molecule has 0 spiro atoms. The summed E-state index contributed by atoms with van der Waals surface area (Å²) in [6.45, 7) is 4.55. The maximum atomic E-state index is 11.8. The Morgan fingerprint density at radius 1 is 1.14 bits per heavy atom. The van der Waals surface area contributed by atoms with Gasteiger partial charge in [-0.05, 0) is 43.5 Å². The summed E-state index contributed by atoms with van der Waals surface area (Å²) in [6, 6.07) is 6.72. The van der Waals surface area contributed by atoms with E-state index in [4.69, 9.17) is 23.2 Å². The third-order valence-electron chi connectivity index (χ3n) is 4.95. The van der Waals surface area contributed by atoms with Gasteiger partial charge >= 0.3 is 0 Å². The third kappa shape index (κ3) is 3.27. The fraction of sp³-hybridized carbons (Fsp3) is 0.588. The lowest BCUT2D eigenvalue weighted by Crippen LogP contribution is -2.44. The van der Waals surface area contributed by atoms with Crippen LogP contribution in [0.3, 0.4) is 0 Å². The molecule has 1 aromatic rings. The number of nitrogens with zero attached hydrogens (tertiary/aromatic N) is 2. The molecule has 3 nitrogen and oxygen atoms in total. The molecule has 2 saturated heterocycles. The smallest absolute Gasteiger partial charge is 0.219 e. The summed E-state index contributed by atoms with van der Waals surface area (Å²) in [5.74, 6) is 0.212. The highest BCUT2D eigenvalue weighted by atomic mass is 35.5. The van der Waals surface area contributed by atoms with E-state index in [1.165, 1.54) is 18.4 Å². The van der Waals surface area contributed by atoms with Gasteiger partial charge in [-0.2, -0.15) is 0 Å². The van der Waals surface area contributed by atoms with Gasteiger partial charge in [-0.1, -0.05) is 35.7 Å². The van der Waals surface area contributed by atoms with Crippen molar-refractivity contribution >= 4 is 29.1 Å². The normalized spacial score (nSPS) is 25.9. The number of halogens is 2. The molecule has 2 atom stereocenters. The van der Waals surface area contributed by atoms with E-state index in [2.05, 4.69) is 9.80 Å². The summed E-state index contributed by atoms with van der Waals surface area (Å²) in [5, 5.41) is 1.21. The van der Waals surface area contributed by atoms with Crippen molar-refractivity contribution in [3.63, 3.8) is 0 Å². The molecule has 22 heavy (non-hydrogen) atoms. The molecule has 2 fully saturated rings. The highest BCUT2D eigenvalue weighted by molar-refractivity contribution is 6.42. The molecule has 2 aliphatic heterocycles. The Morgan fingerprint density at radius 3 is 2.68 bits per heavy atom. The Hall–Kier alpha value is -0.770. The monoisotopic (exact) mass is 340 g/mol. The molecule has 0 unspecified atom stereocenters. The molecule has 0 N–H and O–H groups in total. The molecule has 5 heteroatoms. The van der Waals surface area contributed by atoms with Gasteiger partial charge in [-0.15, -0.1) is 0 Å². The highest BCUT2D eigenvalue weighted by Crippen LogP contribution is 2.32. The average molecular weight is 341 g/mol. The van der Waals surface area contributed by atoms with E-state index < -0.39 is 0 Å². The number of hydrogen-bond acceptors (Lipinski definition) is 2. The van der Waals surface area contributed by atoms with Gasteiger partial charge in [-0.3, -0.25) is 9.69 Å². The van der Waals surface area contributed by atoms with Crippen molar-refractivity contribution in [1.82, 2.24) is 9.80 Å². The quantitative estimate of drug-likeness (QED) is 0.813. The number of carbonyl (C=O) groups is 1. The number of likely N-dealkylation sites (tertiary alicyclic amines) is 2. The van der Waals surface area contributed by atoms with E-state index in [9.17, 15) is 4.79 Å². The van der Waals surface area contributed by atoms with E-state index in [1.807, 2.05) is 18.2 Å². The van der Waals surface area contributed by atoms with Gasteiger partial charge in [0.25, 0.3) is 0 Å². The zero-order chi connectivity index (χ0) is 15.7. The van der Waals surface area contributed by atoms with Crippen molar-refractivity contribution in [2.75, 3.05) is 13.1 Å². The third-order valence-corrected chi connectivity index (χ3v) is 5.69. The Kier molecular flexibility index (Phi) is 4.96. The van der Waals surface area contributed by atoms with Crippen LogP contribution < -0.4 is 0 Å². The van der Waals surface area contributed by atoms with E-state index in [-0.39, 0.29) is 5.91 Å². The fourth-order valence-corrected chi connectivity index (χ4v) is 4.23. The van der Waals surface area contributed by atoms with Gasteiger partial charge < -0.3 is 4.90 Å². The van der Waals surface area contributed by atoms with E-state index >= 15 is 0 Å². The largest absolute Gasteiger partial charge is 0.338 e. The average Bonchev–Trinajstić information content (AvgIpc) is 2.81. The zero-order valence-electron chi connectivity index (χ0n) is 12.9. The number of amides is 1. The maximum absolute atomic E-state index is 11.8. The molecule has 1 aromatic carbocycles. The second-order valence-electron chi connectivity index (χ2n) is 6.35. The second kappa shape index (κ2) is 6.77. The molecule has 0 aliphatic carbocycles. The van der Waals surface area contributed by atoms with Crippen LogP contribution in [0, 0.1) is 0 Å². The maximum Gasteiger partial charge on any atom is 0.219 e. The minimum absolute atomic E-state index is 0.212. The molecule has 3 rings (SSSR count). The van der Waals surface area contributed by atoms with Crippen molar-refractivity contribution in [1.29, 1.82) is 0 Å². The van der Waals surface area contributed by atoms with Crippen LogP contribution in [-0.2, 0) is 11.3 Å². The summed E-state index contributed by atoms with van der Waals surface area (Å²) in [4.78, 5) is 16.4. The summed E-state index contributed by atoms with van der Waals surface area (Å²) in [5.41, 5.74) is 1.19. The van der Waals surface area contributed by atoms with Crippen LogP contribution in [0.25, 0.3) is 0 Å². The van der Waals surface area contributed by atoms with Crippen molar-refractivity contribution in [2.24, 2.45) is 0 Å². The molecule has 2 aliphatic rings. The number of benzene rings is 1. The molecule has 0 aromatic heterocycles. The first-order valence-corrected chi connectivity index (χ1v) is 8.77. The molecule has 120 valence electrons. The number of rotatable bonds is 2. The standard InChI is InChI=1S/C17H22Cl2N2O/c1-12(22)21-9-7-16-17(21)4-2-3-8-20(16)11-13-5-6-14(18)15(19)10-13/h5-6,10,16-17H,2-4,7-9,11H2,1H3/t16-,17-/m1/s1. The summed E-state index contributed by atoms with van der Waals surface area (Å²) < 4.78 is 0. The Morgan fingerprint density at radius 2 is 1.95 bits per heavy atom. The van der Waals surface area contributed by atoms with E-state index in [1.54, 1.807) is 6.92 Å². The van der Waals surface area contributed by atoms with Crippen LogP contribution in [0.5, 0.6) is 0 Å². The van der Waals surface area contributed by atoms with Crippen LogP contribution in [0.1, 0.15) is 38.2 Å². The summed E-state index contributed by atoms with van der Waals surface area (Å²) in [7, 11) is 0. The molecular formula is C17H22Cl2N2O. The molecule has 0 saturated carbocycles. The first-order valence-electron chi connectivity index (χ1n) is 8.01. The summed E-state index contributed by atoms with van der Waals surface area (Å²) >= 11 is 12.1. The fourth-order valence-electron chi connectivity index (χ4n) is 3.91. The molecule has 0 bridgehead atoms. The van der Waals surface area contributed by atoms with Gasteiger partial charge in [0.05, 0.1) is 10.0 Å². The second-order valence-corrected chi connectivity index (χ2v) is 7.16. The molecule has 1 amide bonds. The van der Waals surface area contributed by atoms with Gasteiger partial charge in [0.1, 0.15) is 0 Å². The first kappa shape index (κ1) is 16.1. The van der Waals surface area contributed by atoms with Gasteiger partial charge in [0.15, 0.2) is 0 Å². The Labute approximate surface area is 142 Å². The lowest BCUT2D eigenvalue weighted by atomic mass is 10.0.